The van der Waals surface area contributed by atoms with Crippen LogP contribution in [0.4, 0.5) is 22.0 Å². The van der Waals surface area contributed by atoms with Crippen molar-refractivity contribution in [3.63, 3.8) is 0 Å². The Morgan fingerprint density at radius 1 is 0.632 bits per heavy atom. The Labute approximate surface area is 212 Å². The smallest absolute Gasteiger partial charge is 0.322 e. The fourth-order valence-corrected chi connectivity index (χ4v) is 3.48. The fraction of sp³-hybridized carbons (Fsp3) is 0.0357. The van der Waals surface area contributed by atoms with Crippen molar-refractivity contribution < 1.29 is 41.0 Å². The van der Waals surface area contributed by atoms with Crippen molar-refractivity contribution in [1.29, 1.82) is 5.26 Å². The van der Waals surface area contributed by atoms with Crippen LogP contribution in [0.15, 0.2) is 72.8 Å². The molecule has 4 rings (SSSR count). The monoisotopic (exact) mass is 523 g/mol. The number of nitriles is 1. The minimum absolute atomic E-state index is 0.174. The molecule has 190 valence electrons. The van der Waals surface area contributed by atoms with E-state index in [1.165, 1.54) is 24.3 Å². The van der Waals surface area contributed by atoms with E-state index >= 15 is 0 Å². The Hall–Kier alpha value is -5.04. The second-order valence-corrected chi connectivity index (χ2v) is 7.85. The van der Waals surface area contributed by atoms with Crippen LogP contribution >= 0.6 is 0 Å². The van der Waals surface area contributed by atoms with Gasteiger partial charge in [-0.25, -0.2) is 22.0 Å². The molecule has 0 bridgehead atoms. The van der Waals surface area contributed by atoms with Crippen molar-refractivity contribution in [2.45, 2.75) is 6.42 Å². The van der Waals surface area contributed by atoms with Crippen LogP contribution in [-0.2, 0) is 9.59 Å². The lowest BCUT2D eigenvalue weighted by Gasteiger charge is -2.09. The number of hydrogen-bond donors (Lipinski definition) is 0. The Morgan fingerprint density at radius 3 is 1.55 bits per heavy atom. The van der Waals surface area contributed by atoms with Crippen LogP contribution < -0.4 is 9.47 Å². The first-order valence-electron chi connectivity index (χ1n) is 10.8. The minimum Gasteiger partial charge on any atom is -0.426 e. The molecule has 0 heterocycles. The summed E-state index contributed by atoms with van der Waals surface area (Å²) in [6.45, 7) is 0. The van der Waals surface area contributed by atoms with Crippen LogP contribution in [0.25, 0.3) is 22.3 Å². The summed E-state index contributed by atoms with van der Waals surface area (Å²) >= 11 is 0. The third-order valence-electron chi connectivity index (χ3n) is 5.25. The predicted molar refractivity (Wildman–Crippen MR) is 124 cm³/mol. The van der Waals surface area contributed by atoms with Crippen molar-refractivity contribution in [2.75, 3.05) is 0 Å². The van der Waals surface area contributed by atoms with Gasteiger partial charge in [-0.15, -0.1) is 0 Å². The second-order valence-electron chi connectivity index (χ2n) is 7.85. The lowest BCUT2D eigenvalue weighted by atomic mass is 10.0. The summed E-state index contributed by atoms with van der Waals surface area (Å²) < 4.78 is 78.9. The van der Waals surface area contributed by atoms with Gasteiger partial charge in [0.25, 0.3) is 0 Å². The Morgan fingerprint density at radius 2 is 1.11 bits per heavy atom. The summed E-state index contributed by atoms with van der Waals surface area (Å²) in [6, 6.07) is 15.9. The van der Waals surface area contributed by atoms with Gasteiger partial charge in [0, 0.05) is 23.3 Å². The van der Waals surface area contributed by atoms with E-state index in [0.717, 1.165) is 24.3 Å². The third kappa shape index (κ3) is 5.84. The minimum atomic E-state index is -1.70. The van der Waals surface area contributed by atoms with Crippen LogP contribution in [0, 0.1) is 40.4 Å². The Bertz CT molecular complexity index is 1570. The van der Waals surface area contributed by atoms with Gasteiger partial charge in [0.05, 0.1) is 11.6 Å². The summed E-state index contributed by atoms with van der Waals surface area (Å²) in [5.74, 6) is -9.12. The molecule has 0 aliphatic carbocycles. The van der Waals surface area contributed by atoms with Crippen molar-refractivity contribution in [1.82, 2.24) is 0 Å². The van der Waals surface area contributed by atoms with Gasteiger partial charge < -0.3 is 9.47 Å². The zero-order chi connectivity index (χ0) is 27.4. The van der Waals surface area contributed by atoms with Crippen LogP contribution in [0.1, 0.15) is 12.0 Å². The number of esters is 2. The molecule has 0 saturated carbocycles. The van der Waals surface area contributed by atoms with E-state index in [1.807, 2.05) is 6.07 Å². The van der Waals surface area contributed by atoms with E-state index in [4.69, 9.17) is 14.7 Å². The van der Waals surface area contributed by atoms with Gasteiger partial charge in [0.1, 0.15) is 29.6 Å². The molecule has 38 heavy (non-hydrogen) atoms. The van der Waals surface area contributed by atoms with Crippen molar-refractivity contribution in [3.05, 3.63) is 107 Å². The van der Waals surface area contributed by atoms with Crippen LogP contribution in [0.2, 0.25) is 0 Å². The van der Waals surface area contributed by atoms with Crippen LogP contribution in [0.3, 0.4) is 0 Å². The molecule has 0 aromatic heterocycles. The van der Waals surface area contributed by atoms with E-state index in [2.05, 4.69) is 0 Å². The first-order valence-corrected chi connectivity index (χ1v) is 10.8. The SMILES string of the molecule is N#Cc1ccc(-c2ccc(OC(=O)CC(=O)Oc3ccc(-c4cc(F)c(F)c(F)c4)c(F)c3)cc2F)cc1. The molecule has 4 aromatic rings. The molecule has 0 atom stereocenters. The number of rotatable bonds is 6. The van der Waals surface area contributed by atoms with Crippen molar-refractivity contribution >= 4 is 11.9 Å². The highest BCUT2D eigenvalue weighted by atomic mass is 19.2. The average Bonchev–Trinajstić information content (AvgIpc) is 2.87. The highest BCUT2D eigenvalue weighted by molar-refractivity contribution is 5.93. The van der Waals surface area contributed by atoms with Gasteiger partial charge in [-0.05, 0) is 59.7 Å². The lowest BCUT2D eigenvalue weighted by Crippen LogP contribution is -2.18. The van der Waals surface area contributed by atoms with E-state index in [1.54, 1.807) is 12.1 Å². The molecule has 10 heteroatoms. The number of benzene rings is 4. The number of carbonyl (C=O) groups is 2. The zero-order valence-electron chi connectivity index (χ0n) is 19.1. The molecule has 4 aromatic carbocycles. The van der Waals surface area contributed by atoms with E-state index in [-0.39, 0.29) is 28.2 Å². The molecule has 0 fully saturated rings. The predicted octanol–water partition coefficient (Wildman–Crippen LogP) is 6.49. The molecule has 0 spiro atoms. The molecular formula is C28H14F5NO4. The van der Waals surface area contributed by atoms with E-state index < -0.39 is 47.4 Å². The van der Waals surface area contributed by atoms with Gasteiger partial charge in [-0.3, -0.25) is 9.59 Å². The number of ether oxygens (including phenoxy) is 2. The Balaban J connectivity index is 1.38. The maximum Gasteiger partial charge on any atom is 0.322 e. The van der Waals surface area contributed by atoms with Gasteiger partial charge in [-0.1, -0.05) is 12.1 Å². The molecule has 0 saturated heterocycles. The molecule has 0 unspecified atom stereocenters. The standard InChI is InChI=1S/C28H14F5NO4/c29-22-11-18(5-7-20(22)16-3-1-15(14-34)2-4-16)37-26(35)13-27(36)38-19-6-8-21(23(30)12-19)17-9-24(31)28(33)25(32)10-17/h1-12H,13H2. The summed E-state index contributed by atoms with van der Waals surface area (Å²) in [7, 11) is 0. The normalized spacial score (nSPS) is 10.5. The molecule has 0 N–H and O–H groups in total. The van der Waals surface area contributed by atoms with Crippen molar-refractivity contribution in [3.8, 4) is 39.8 Å². The summed E-state index contributed by atoms with van der Waals surface area (Å²) in [5, 5.41) is 8.85. The molecule has 0 radical (unpaired) electrons. The van der Waals surface area contributed by atoms with Gasteiger partial charge in [-0.2, -0.15) is 5.26 Å². The summed E-state index contributed by atoms with van der Waals surface area (Å²) in [6.07, 6.45) is -0.892. The largest absolute Gasteiger partial charge is 0.426 e. The van der Waals surface area contributed by atoms with Gasteiger partial charge >= 0.3 is 11.9 Å². The maximum absolute atomic E-state index is 14.5. The van der Waals surface area contributed by atoms with Crippen molar-refractivity contribution in [2.24, 2.45) is 0 Å². The summed E-state index contributed by atoms with van der Waals surface area (Å²) in [5.41, 5.74) is 0.538. The maximum atomic E-state index is 14.5. The van der Waals surface area contributed by atoms with Gasteiger partial charge in [0.2, 0.25) is 0 Å². The molecule has 0 amide bonds. The highest BCUT2D eigenvalue weighted by Crippen LogP contribution is 2.29. The first-order chi connectivity index (χ1) is 18.1. The number of halogens is 5. The lowest BCUT2D eigenvalue weighted by molar-refractivity contribution is -0.144. The molecular weight excluding hydrogens is 509 g/mol. The van der Waals surface area contributed by atoms with E-state index in [9.17, 15) is 31.5 Å². The van der Waals surface area contributed by atoms with Crippen LogP contribution in [0.5, 0.6) is 11.5 Å². The fourth-order valence-electron chi connectivity index (χ4n) is 3.48. The first kappa shape index (κ1) is 26.0. The number of nitrogens with zero attached hydrogens (tertiary/aromatic N) is 1. The van der Waals surface area contributed by atoms with E-state index in [0.29, 0.717) is 23.3 Å². The average molecular weight is 523 g/mol. The number of hydrogen-bond acceptors (Lipinski definition) is 5. The zero-order valence-corrected chi connectivity index (χ0v) is 19.1. The molecule has 5 nitrogen and oxygen atoms in total. The molecule has 0 aliphatic rings. The molecule has 0 aliphatic heterocycles. The van der Waals surface area contributed by atoms with Gasteiger partial charge in [0.15, 0.2) is 17.5 Å². The van der Waals surface area contributed by atoms with Crippen LogP contribution in [-0.4, -0.2) is 11.9 Å². The Kier molecular flexibility index (Phi) is 7.48. The third-order valence-corrected chi connectivity index (χ3v) is 5.25. The number of carbonyl (C=O) groups excluding carboxylic acids is 2. The quantitative estimate of drug-likeness (QED) is 0.0950. The highest BCUT2D eigenvalue weighted by Gasteiger charge is 2.18. The summed E-state index contributed by atoms with van der Waals surface area (Å²) in [4.78, 5) is 24.2. The second kappa shape index (κ2) is 10.9. The topological polar surface area (TPSA) is 76.4 Å².